The highest BCUT2D eigenvalue weighted by Crippen LogP contribution is 2.42. The number of hydrogen-bond acceptors (Lipinski definition) is 3. The summed E-state index contributed by atoms with van der Waals surface area (Å²) in [4.78, 5) is 16.6. The predicted molar refractivity (Wildman–Crippen MR) is 112 cm³/mol. The highest BCUT2D eigenvalue weighted by molar-refractivity contribution is 5.78. The topological polar surface area (TPSA) is 41.4 Å². The number of hydrogen-bond donors (Lipinski definition) is 0. The Balaban J connectivity index is 1.33. The van der Waals surface area contributed by atoms with Crippen LogP contribution >= 0.6 is 0 Å². The molecule has 2 fully saturated rings. The second-order valence-electron chi connectivity index (χ2n) is 9.11. The first-order chi connectivity index (χ1) is 15.9. The Kier molecular flexibility index (Phi) is 6.67. The SMILES string of the molecule is CC(Cn1nc(C(F)(F)F)cc1C1CC1)C(=O)N1CCN(Cc2cccc(C(F)(F)F)c2)CC1. The van der Waals surface area contributed by atoms with Crippen LogP contribution in [0.2, 0.25) is 0 Å². The van der Waals surface area contributed by atoms with Crippen LogP contribution in [0.4, 0.5) is 26.3 Å². The maximum absolute atomic E-state index is 13.1. The second-order valence-corrected chi connectivity index (χ2v) is 9.11. The van der Waals surface area contributed by atoms with E-state index in [2.05, 4.69) is 5.10 Å². The smallest absolute Gasteiger partial charge is 0.340 e. The van der Waals surface area contributed by atoms with E-state index in [0.717, 1.165) is 31.0 Å². The lowest BCUT2D eigenvalue weighted by Crippen LogP contribution is -2.50. The summed E-state index contributed by atoms with van der Waals surface area (Å²) in [6, 6.07) is 6.28. The number of halogens is 6. The molecule has 4 rings (SSSR count). The fourth-order valence-corrected chi connectivity index (χ4v) is 4.30. The molecule has 1 atom stereocenters. The first kappa shape index (κ1) is 24.6. The summed E-state index contributed by atoms with van der Waals surface area (Å²) >= 11 is 0. The van der Waals surface area contributed by atoms with Crippen LogP contribution in [0.5, 0.6) is 0 Å². The summed E-state index contributed by atoms with van der Waals surface area (Å²) < 4.78 is 79.5. The van der Waals surface area contributed by atoms with Gasteiger partial charge in [0.2, 0.25) is 5.91 Å². The van der Waals surface area contributed by atoms with Crippen molar-refractivity contribution in [2.45, 2.75) is 51.1 Å². The zero-order chi connectivity index (χ0) is 24.7. The number of amides is 1. The number of aromatic nitrogens is 2. The molecule has 1 amide bonds. The zero-order valence-corrected chi connectivity index (χ0v) is 18.7. The lowest BCUT2D eigenvalue weighted by molar-refractivity contribution is -0.141. The van der Waals surface area contributed by atoms with E-state index in [1.165, 1.54) is 10.7 Å². The monoisotopic (exact) mass is 488 g/mol. The van der Waals surface area contributed by atoms with E-state index in [1.807, 2.05) is 4.90 Å². The average molecular weight is 488 g/mol. The van der Waals surface area contributed by atoms with Gasteiger partial charge in [-0.3, -0.25) is 14.4 Å². The fraction of sp³-hybridized carbons (Fsp3) is 0.565. The van der Waals surface area contributed by atoms with Crippen LogP contribution in [-0.4, -0.2) is 51.7 Å². The highest BCUT2D eigenvalue weighted by Gasteiger charge is 2.38. The van der Waals surface area contributed by atoms with Crippen LogP contribution in [0.1, 0.15) is 48.2 Å². The molecule has 1 aliphatic heterocycles. The van der Waals surface area contributed by atoms with Crippen LogP contribution in [-0.2, 0) is 30.2 Å². The predicted octanol–water partition coefficient (Wildman–Crippen LogP) is 4.78. The molecule has 2 aliphatic rings. The van der Waals surface area contributed by atoms with Gasteiger partial charge in [0.05, 0.1) is 18.0 Å². The van der Waals surface area contributed by atoms with Gasteiger partial charge in [-0.25, -0.2) is 0 Å². The number of alkyl halides is 6. The molecule has 186 valence electrons. The summed E-state index contributed by atoms with van der Waals surface area (Å²) in [5.74, 6) is -0.650. The number of nitrogens with zero attached hydrogens (tertiary/aromatic N) is 4. The molecule has 2 heterocycles. The van der Waals surface area contributed by atoms with Crippen LogP contribution in [0.25, 0.3) is 0 Å². The molecule has 11 heteroatoms. The molecule has 0 N–H and O–H groups in total. The molecule has 0 bridgehead atoms. The van der Waals surface area contributed by atoms with Crippen molar-refractivity contribution in [3.8, 4) is 0 Å². The van der Waals surface area contributed by atoms with Crippen LogP contribution < -0.4 is 0 Å². The van der Waals surface area contributed by atoms with Crippen molar-refractivity contribution in [3.05, 3.63) is 52.8 Å². The van der Waals surface area contributed by atoms with Gasteiger partial charge in [0.1, 0.15) is 0 Å². The molecule has 1 aliphatic carbocycles. The lowest BCUT2D eigenvalue weighted by atomic mass is 10.1. The van der Waals surface area contributed by atoms with Crippen LogP contribution in [0.15, 0.2) is 30.3 Å². The first-order valence-electron chi connectivity index (χ1n) is 11.2. The Labute approximate surface area is 193 Å². The maximum Gasteiger partial charge on any atom is 0.435 e. The highest BCUT2D eigenvalue weighted by atomic mass is 19.4. The van der Waals surface area contributed by atoms with E-state index in [9.17, 15) is 31.1 Å². The van der Waals surface area contributed by atoms with Gasteiger partial charge in [0.15, 0.2) is 5.69 Å². The van der Waals surface area contributed by atoms with E-state index in [-0.39, 0.29) is 18.4 Å². The molecule has 1 aromatic carbocycles. The molecule has 1 unspecified atom stereocenters. The third-order valence-corrected chi connectivity index (χ3v) is 6.31. The van der Waals surface area contributed by atoms with Gasteiger partial charge in [-0.05, 0) is 30.5 Å². The first-order valence-corrected chi connectivity index (χ1v) is 11.2. The third-order valence-electron chi connectivity index (χ3n) is 6.31. The lowest BCUT2D eigenvalue weighted by Gasteiger charge is -2.36. The molecule has 1 saturated carbocycles. The maximum atomic E-state index is 13.1. The Morgan fingerprint density at radius 3 is 2.29 bits per heavy atom. The van der Waals surface area contributed by atoms with E-state index < -0.39 is 29.5 Å². The van der Waals surface area contributed by atoms with Gasteiger partial charge in [-0.2, -0.15) is 31.4 Å². The minimum Gasteiger partial charge on any atom is -0.340 e. The summed E-state index contributed by atoms with van der Waals surface area (Å²) in [7, 11) is 0. The third kappa shape index (κ3) is 5.73. The van der Waals surface area contributed by atoms with Gasteiger partial charge < -0.3 is 4.90 Å². The average Bonchev–Trinajstić information content (AvgIpc) is 3.52. The number of carbonyl (C=O) groups excluding carboxylic acids is 1. The van der Waals surface area contributed by atoms with Gasteiger partial charge in [-0.1, -0.05) is 25.1 Å². The van der Waals surface area contributed by atoms with Crippen LogP contribution in [0.3, 0.4) is 0 Å². The molecular weight excluding hydrogens is 462 g/mol. The minimum absolute atomic E-state index is 0.0605. The minimum atomic E-state index is -4.53. The summed E-state index contributed by atoms with van der Waals surface area (Å²) in [5, 5.41) is 3.73. The van der Waals surface area contributed by atoms with Crippen molar-refractivity contribution in [3.63, 3.8) is 0 Å². The van der Waals surface area contributed by atoms with Gasteiger partial charge in [0, 0.05) is 44.3 Å². The molecule has 0 spiro atoms. The number of benzene rings is 1. The molecule has 1 saturated heterocycles. The summed E-state index contributed by atoms with van der Waals surface area (Å²) in [6.07, 6.45) is -7.29. The van der Waals surface area contributed by atoms with Crippen molar-refractivity contribution in [1.82, 2.24) is 19.6 Å². The van der Waals surface area contributed by atoms with Crippen LogP contribution in [0, 0.1) is 5.92 Å². The van der Waals surface area contributed by atoms with Crippen molar-refractivity contribution in [2.24, 2.45) is 5.92 Å². The second kappa shape index (κ2) is 9.24. The standard InChI is InChI=1S/C23H26F6N4O/c1-15(13-33-19(17-5-6-17)12-20(30-33)23(27,28)29)21(34)32-9-7-31(8-10-32)14-16-3-2-4-18(11-16)22(24,25)26/h2-4,11-12,15,17H,5-10,13-14H2,1H3. The molecule has 0 radical (unpaired) electrons. The van der Waals surface area contributed by atoms with E-state index in [4.69, 9.17) is 0 Å². The van der Waals surface area contributed by atoms with E-state index in [0.29, 0.717) is 44.0 Å². The number of piperazine rings is 1. The largest absolute Gasteiger partial charge is 0.435 e. The Hall–Kier alpha value is -2.56. The van der Waals surface area contributed by atoms with Gasteiger partial charge >= 0.3 is 12.4 Å². The van der Waals surface area contributed by atoms with E-state index in [1.54, 1.807) is 17.9 Å². The number of carbonyl (C=O) groups is 1. The van der Waals surface area contributed by atoms with Crippen molar-refractivity contribution in [1.29, 1.82) is 0 Å². The zero-order valence-electron chi connectivity index (χ0n) is 18.7. The fourth-order valence-electron chi connectivity index (χ4n) is 4.30. The van der Waals surface area contributed by atoms with Crippen molar-refractivity contribution < 1.29 is 31.1 Å². The summed E-state index contributed by atoms with van der Waals surface area (Å²) in [5.41, 5.74) is -0.546. The molecule has 34 heavy (non-hydrogen) atoms. The van der Waals surface area contributed by atoms with Gasteiger partial charge in [0.25, 0.3) is 0 Å². The Morgan fingerprint density at radius 1 is 1.03 bits per heavy atom. The normalized spacial score (nSPS) is 18.9. The summed E-state index contributed by atoms with van der Waals surface area (Å²) in [6.45, 7) is 3.92. The molecule has 5 nitrogen and oxygen atoms in total. The van der Waals surface area contributed by atoms with Crippen molar-refractivity contribution >= 4 is 5.91 Å². The Bertz CT molecular complexity index is 1020. The molecular formula is C23H26F6N4O. The van der Waals surface area contributed by atoms with Crippen molar-refractivity contribution in [2.75, 3.05) is 26.2 Å². The number of rotatable bonds is 6. The van der Waals surface area contributed by atoms with E-state index >= 15 is 0 Å². The Morgan fingerprint density at radius 2 is 1.71 bits per heavy atom. The quantitative estimate of drug-likeness (QED) is 0.550. The van der Waals surface area contributed by atoms with Gasteiger partial charge in [-0.15, -0.1) is 0 Å². The molecule has 2 aromatic rings. The molecule has 1 aromatic heterocycles.